The molecule has 2 amide bonds. The van der Waals surface area contributed by atoms with Gasteiger partial charge in [-0.05, 0) is 55.0 Å². The van der Waals surface area contributed by atoms with E-state index in [1.807, 2.05) is 80.6 Å². The van der Waals surface area contributed by atoms with Crippen LogP contribution < -0.4 is 10.6 Å². The standard InChI is InChI=1S/C33H36N2O6/c1-21(2)17-18-29(31(36)35-30(32(37)38)22(3)40-19-23-11-5-4-6-12-23)34-33(39)41-20-28-26-15-9-7-13-24(26)25-14-8-10-16-27(25)28/h4-17,22,28-30H,18-20H2,1-3H3,(H,34,39)(H,35,36)(H,37,38)/t22-,29?,30+/m0/s1. The summed E-state index contributed by atoms with van der Waals surface area (Å²) in [5.74, 6) is -2.00. The molecule has 8 heteroatoms. The predicted octanol–water partition coefficient (Wildman–Crippen LogP) is 5.42. The lowest BCUT2D eigenvalue weighted by molar-refractivity contribution is -0.146. The molecule has 41 heavy (non-hydrogen) atoms. The summed E-state index contributed by atoms with van der Waals surface area (Å²) in [6.07, 6.45) is 0.396. The highest BCUT2D eigenvalue weighted by Gasteiger charge is 2.32. The largest absolute Gasteiger partial charge is 0.480 e. The van der Waals surface area contributed by atoms with Crippen LogP contribution in [0.4, 0.5) is 4.79 Å². The van der Waals surface area contributed by atoms with Crippen molar-refractivity contribution in [2.75, 3.05) is 6.61 Å². The van der Waals surface area contributed by atoms with Crippen molar-refractivity contribution in [3.8, 4) is 11.1 Å². The van der Waals surface area contributed by atoms with Gasteiger partial charge in [-0.3, -0.25) is 4.79 Å². The number of benzene rings is 3. The van der Waals surface area contributed by atoms with E-state index in [0.717, 1.165) is 33.4 Å². The number of carbonyl (C=O) groups is 3. The number of rotatable bonds is 12. The first-order chi connectivity index (χ1) is 19.7. The van der Waals surface area contributed by atoms with Gasteiger partial charge in [-0.15, -0.1) is 0 Å². The fourth-order valence-corrected chi connectivity index (χ4v) is 4.90. The van der Waals surface area contributed by atoms with Gasteiger partial charge in [0.25, 0.3) is 0 Å². The predicted molar refractivity (Wildman–Crippen MR) is 156 cm³/mol. The second-order valence-electron chi connectivity index (χ2n) is 10.4. The second kappa shape index (κ2) is 13.8. The number of hydrogen-bond acceptors (Lipinski definition) is 5. The third kappa shape index (κ3) is 7.61. The van der Waals surface area contributed by atoms with Crippen LogP contribution in [-0.4, -0.2) is 47.9 Å². The van der Waals surface area contributed by atoms with Crippen molar-refractivity contribution in [2.45, 2.75) is 57.9 Å². The molecule has 3 aromatic carbocycles. The number of ether oxygens (including phenoxy) is 2. The van der Waals surface area contributed by atoms with Crippen LogP contribution in [0.5, 0.6) is 0 Å². The van der Waals surface area contributed by atoms with E-state index in [0.29, 0.717) is 0 Å². The Morgan fingerprint density at radius 1 is 0.878 bits per heavy atom. The number of nitrogens with one attached hydrogen (secondary N) is 2. The van der Waals surface area contributed by atoms with Gasteiger partial charge in [-0.1, -0.05) is 90.5 Å². The van der Waals surface area contributed by atoms with E-state index in [1.165, 1.54) is 0 Å². The third-order valence-corrected chi connectivity index (χ3v) is 7.10. The van der Waals surface area contributed by atoms with Gasteiger partial charge in [-0.25, -0.2) is 9.59 Å². The van der Waals surface area contributed by atoms with Gasteiger partial charge in [0.05, 0.1) is 12.7 Å². The van der Waals surface area contributed by atoms with Gasteiger partial charge < -0.3 is 25.2 Å². The molecular weight excluding hydrogens is 520 g/mol. The first-order valence-electron chi connectivity index (χ1n) is 13.7. The molecule has 3 aromatic rings. The summed E-state index contributed by atoms with van der Waals surface area (Å²) in [6.45, 7) is 5.63. The topological polar surface area (TPSA) is 114 Å². The van der Waals surface area contributed by atoms with Gasteiger partial charge in [0.2, 0.25) is 5.91 Å². The molecule has 3 atom stereocenters. The van der Waals surface area contributed by atoms with E-state index in [2.05, 4.69) is 22.8 Å². The zero-order valence-electron chi connectivity index (χ0n) is 23.5. The maximum Gasteiger partial charge on any atom is 0.407 e. The number of carboxylic acids is 1. The molecule has 0 radical (unpaired) electrons. The number of amides is 2. The van der Waals surface area contributed by atoms with Gasteiger partial charge in [0, 0.05) is 5.92 Å². The highest BCUT2D eigenvalue weighted by molar-refractivity contribution is 5.89. The summed E-state index contributed by atoms with van der Waals surface area (Å²) in [4.78, 5) is 38.2. The lowest BCUT2D eigenvalue weighted by atomic mass is 9.98. The molecule has 3 N–H and O–H groups in total. The van der Waals surface area contributed by atoms with Crippen molar-refractivity contribution in [2.24, 2.45) is 0 Å². The second-order valence-corrected chi connectivity index (χ2v) is 10.4. The van der Waals surface area contributed by atoms with Crippen LogP contribution >= 0.6 is 0 Å². The van der Waals surface area contributed by atoms with Crippen molar-refractivity contribution in [1.82, 2.24) is 10.6 Å². The van der Waals surface area contributed by atoms with Crippen LogP contribution in [0, 0.1) is 0 Å². The fourth-order valence-electron chi connectivity index (χ4n) is 4.90. The lowest BCUT2D eigenvalue weighted by Gasteiger charge is -2.25. The summed E-state index contributed by atoms with van der Waals surface area (Å²) in [5.41, 5.74) is 6.21. The van der Waals surface area contributed by atoms with Crippen LogP contribution in [0.3, 0.4) is 0 Å². The molecule has 214 valence electrons. The number of alkyl carbamates (subject to hydrolysis) is 1. The Morgan fingerprint density at radius 3 is 2.05 bits per heavy atom. The Hall–Kier alpha value is -4.43. The molecule has 1 unspecified atom stereocenters. The number of fused-ring (bicyclic) bond motifs is 3. The van der Waals surface area contributed by atoms with Crippen molar-refractivity contribution < 1.29 is 29.0 Å². The molecule has 0 saturated carbocycles. The summed E-state index contributed by atoms with van der Waals surface area (Å²) in [7, 11) is 0. The highest BCUT2D eigenvalue weighted by atomic mass is 16.5. The highest BCUT2D eigenvalue weighted by Crippen LogP contribution is 2.44. The van der Waals surface area contributed by atoms with E-state index in [4.69, 9.17) is 9.47 Å². The number of allylic oxidation sites excluding steroid dienone is 1. The normalized spacial score (nSPS) is 14.1. The van der Waals surface area contributed by atoms with Gasteiger partial charge in [-0.2, -0.15) is 0 Å². The van der Waals surface area contributed by atoms with Crippen molar-refractivity contribution in [3.63, 3.8) is 0 Å². The summed E-state index contributed by atoms with van der Waals surface area (Å²) in [5, 5.41) is 15.0. The molecule has 0 bridgehead atoms. The SMILES string of the molecule is CC(C)=CCC(NC(=O)OCC1c2ccccc2-c2ccccc21)C(=O)N[C@@H](C(=O)O)[C@H](C)OCc1ccccc1. The van der Waals surface area contributed by atoms with Crippen LogP contribution in [0.1, 0.15) is 49.8 Å². The van der Waals surface area contributed by atoms with Crippen LogP contribution in [0.25, 0.3) is 11.1 Å². The molecule has 0 fully saturated rings. The van der Waals surface area contributed by atoms with Gasteiger partial charge >= 0.3 is 12.1 Å². The maximum absolute atomic E-state index is 13.2. The average molecular weight is 557 g/mol. The summed E-state index contributed by atoms with van der Waals surface area (Å²) >= 11 is 0. The van der Waals surface area contributed by atoms with Gasteiger partial charge in [0.15, 0.2) is 6.04 Å². The van der Waals surface area contributed by atoms with Crippen molar-refractivity contribution >= 4 is 18.0 Å². The summed E-state index contributed by atoms with van der Waals surface area (Å²) in [6, 6.07) is 23.0. The monoisotopic (exact) mass is 556 g/mol. The Balaban J connectivity index is 1.40. The maximum atomic E-state index is 13.2. The molecule has 4 rings (SSSR count). The van der Waals surface area contributed by atoms with E-state index in [9.17, 15) is 19.5 Å². The smallest absolute Gasteiger partial charge is 0.407 e. The molecule has 0 heterocycles. The lowest BCUT2D eigenvalue weighted by Crippen LogP contribution is -2.55. The average Bonchev–Trinajstić information content (AvgIpc) is 3.29. The molecule has 0 saturated heterocycles. The van der Waals surface area contributed by atoms with Crippen LogP contribution in [0.15, 0.2) is 90.5 Å². The number of carboxylic acid groups (broad SMARTS) is 1. The van der Waals surface area contributed by atoms with E-state index in [-0.39, 0.29) is 25.6 Å². The number of carbonyl (C=O) groups excluding carboxylic acids is 2. The molecule has 0 spiro atoms. The van der Waals surface area contributed by atoms with Crippen LogP contribution in [-0.2, 0) is 25.7 Å². The Kier molecular flexibility index (Phi) is 9.92. The van der Waals surface area contributed by atoms with E-state index in [1.54, 1.807) is 13.0 Å². The van der Waals surface area contributed by atoms with Crippen molar-refractivity contribution in [3.05, 3.63) is 107 Å². The number of aliphatic carboxylic acids is 1. The Bertz CT molecular complexity index is 1350. The third-order valence-electron chi connectivity index (χ3n) is 7.10. The molecule has 1 aliphatic carbocycles. The van der Waals surface area contributed by atoms with Crippen molar-refractivity contribution in [1.29, 1.82) is 0 Å². The Labute approximate surface area is 240 Å². The fraction of sp³-hybridized carbons (Fsp3) is 0.303. The molecule has 1 aliphatic rings. The minimum atomic E-state index is -1.32. The quantitative estimate of drug-likeness (QED) is 0.257. The minimum Gasteiger partial charge on any atom is -0.480 e. The zero-order valence-corrected chi connectivity index (χ0v) is 23.5. The Morgan fingerprint density at radius 2 is 1.46 bits per heavy atom. The van der Waals surface area contributed by atoms with E-state index < -0.39 is 36.2 Å². The number of hydrogen-bond donors (Lipinski definition) is 3. The molecular formula is C33H36N2O6. The van der Waals surface area contributed by atoms with Crippen LogP contribution in [0.2, 0.25) is 0 Å². The molecule has 0 aromatic heterocycles. The van der Waals surface area contributed by atoms with Gasteiger partial charge in [0.1, 0.15) is 12.6 Å². The molecule has 0 aliphatic heterocycles. The molecule has 8 nitrogen and oxygen atoms in total. The first kappa shape index (κ1) is 29.6. The zero-order chi connectivity index (χ0) is 29.4. The van der Waals surface area contributed by atoms with E-state index >= 15 is 0 Å². The first-order valence-corrected chi connectivity index (χ1v) is 13.7. The minimum absolute atomic E-state index is 0.0962. The summed E-state index contributed by atoms with van der Waals surface area (Å²) < 4.78 is 11.4.